The van der Waals surface area contributed by atoms with E-state index in [1.54, 1.807) is 0 Å². The molecule has 8 heteroatoms. The average molecular weight is 593 g/mol. The van der Waals surface area contributed by atoms with Crippen molar-refractivity contribution in [1.82, 2.24) is 0 Å². The monoisotopic (exact) mass is 592 g/mol. The van der Waals surface area contributed by atoms with E-state index >= 15 is 0 Å². The van der Waals surface area contributed by atoms with Crippen LogP contribution in [0.15, 0.2) is 133 Å². The molecule has 44 heavy (non-hydrogen) atoms. The summed E-state index contributed by atoms with van der Waals surface area (Å²) in [6, 6.07) is 43.7. The van der Waals surface area contributed by atoms with E-state index in [0.29, 0.717) is 11.5 Å². The molecule has 0 saturated heterocycles. The first-order valence-corrected chi connectivity index (χ1v) is 14.4. The lowest BCUT2D eigenvalue weighted by atomic mass is 10.1. The van der Waals surface area contributed by atoms with E-state index in [4.69, 9.17) is 19.7 Å². The molecule has 0 aliphatic rings. The number of aliphatic hydroxyl groups is 4. The number of hydrogen-bond acceptors (Lipinski definition) is 8. The molecule has 0 fully saturated rings. The number of aliphatic hydroxyl groups excluding tert-OH is 4. The minimum absolute atomic E-state index is 0.00715. The Balaban J connectivity index is 1.47. The molecule has 0 amide bonds. The molecule has 5 aromatic carbocycles. The van der Waals surface area contributed by atoms with Crippen LogP contribution in [0, 0.1) is 0 Å². The molecule has 0 saturated carbocycles. The van der Waals surface area contributed by atoms with Gasteiger partial charge in [0.1, 0.15) is 36.9 Å². The summed E-state index contributed by atoms with van der Waals surface area (Å²) in [6.45, 7) is -0.751. The molecule has 0 aliphatic heterocycles. The Morgan fingerprint density at radius 2 is 0.682 bits per heavy atom. The van der Waals surface area contributed by atoms with Crippen LogP contribution in [0.2, 0.25) is 0 Å². The van der Waals surface area contributed by atoms with Gasteiger partial charge in [0.15, 0.2) is 0 Å². The fraction of sp³-hybridized carbons (Fsp3) is 0.167. The Labute approximate surface area is 257 Å². The number of nitrogens with zero attached hydrogens (tertiary/aromatic N) is 2. The third-order valence-corrected chi connectivity index (χ3v) is 6.89. The Morgan fingerprint density at radius 3 is 0.977 bits per heavy atom. The smallest absolute Gasteiger partial charge is 0.119 e. The van der Waals surface area contributed by atoms with Crippen molar-refractivity contribution in [2.24, 2.45) is 0 Å². The maximum atomic E-state index is 9.65. The van der Waals surface area contributed by atoms with Crippen LogP contribution in [-0.2, 0) is 0 Å². The van der Waals surface area contributed by atoms with E-state index in [1.165, 1.54) is 0 Å². The van der Waals surface area contributed by atoms with E-state index in [9.17, 15) is 10.2 Å². The number of benzene rings is 5. The third-order valence-electron chi connectivity index (χ3n) is 6.89. The van der Waals surface area contributed by atoms with Gasteiger partial charge in [-0.2, -0.15) is 0 Å². The van der Waals surface area contributed by atoms with E-state index in [2.05, 4.69) is 58.3 Å². The van der Waals surface area contributed by atoms with Crippen molar-refractivity contribution in [3.05, 3.63) is 133 Å². The predicted octanol–water partition coefficient (Wildman–Crippen LogP) is 6.09. The Bertz CT molecular complexity index is 1450. The van der Waals surface area contributed by atoms with Crippen LogP contribution in [0.5, 0.6) is 11.5 Å². The fourth-order valence-corrected chi connectivity index (χ4v) is 4.67. The number of para-hydroxylation sites is 2. The highest BCUT2D eigenvalue weighted by molar-refractivity contribution is 5.81. The van der Waals surface area contributed by atoms with Crippen LogP contribution >= 0.6 is 0 Å². The maximum Gasteiger partial charge on any atom is 0.119 e. The lowest BCUT2D eigenvalue weighted by Gasteiger charge is -2.28. The lowest BCUT2D eigenvalue weighted by molar-refractivity contribution is 0.0536. The summed E-state index contributed by atoms with van der Waals surface area (Å²) in [7, 11) is 0. The Kier molecular flexibility index (Phi) is 10.5. The van der Waals surface area contributed by atoms with Crippen molar-refractivity contribution >= 4 is 34.1 Å². The van der Waals surface area contributed by atoms with Gasteiger partial charge in [-0.25, -0.2) is 0 Å². The fourth-order valence-electron chi connectivity index (χ4n) is 4.67. The molecule has 5 rings (SSSR count). The van der Waals surface area contributed by atoms with Crippen LogP contribution in [0.4, 0.5) is 34.1 Å². The second-order valence-corrected chi connectivity index (χ2v) is 10.1. The van der Waals surface area contributed by atoms with Gasteiger partial charge in [0, 0.05) is 34.1 Å². The third kappa shape index (κ3) is 7.75. The normalized spacial score (nSPS) is 12.3. The summed E-state index contributed by atoms with van der Waals surface area (Å²) < 4.78 is 11.2. The molecular formula is C36H36N2O6. The zero-order valence-electron chi connectivity index (χ0n) is 24.2. The number of rotatable bonds is 14. The standard InChI is InChI=1S/C36H36N2O6/c39-23-33(41)25-43-35-19-15-31(16-20-35)38(32-17-21-36(22-18-32)44-26-34(42)24-40)30-13-11-29(12-14-30)37(27-7-3-1-4-8-27)28-9-5-2-6-10-28/h1-22,33-34,39-42H,23-26H2. The Hall–Kier alpha value is -4.86. The molecule has 0 aliphatic carbocycles. The molecule has 8 nitrogen and oxygen atoms in total. The molecule has 2 atom stereocenters. The van der Waals surface area contributed by atoms with E-state index in [-0.39, 0.29) is 26.4 Å². The number of anilines is 6. The summed E-state index contributed by atoms with van der Waals surface area (Å²) in [5.74, 6) is 1.15. The summed E-state index contributed by atoms with van der Waals surface area (Å²) in [5, 5.41) is 37.5. The molecule has 2 unspecified atom stereocenters. The van der Waals surface area contributed by atoms with Crippen molar-refractivity contribution in [2.45, 2.75) is 12.2 Å². The molecule has 0 spiro atoms. The van der Waals surface area contributed by atoms with Crippen LogP contribution in [0.3, 0.4) is 0 Å². The zero-order chi connectivity index (χ0) is 30.7. The summed E-state index contributed by atoms with van der Waals surface area (Å²) in [6.07, 6.45) is -1.90. The van der Waals surface area contributed by atoms with Gasteiger partial charge in [-0.15, -0.1) is 0 Å². The minimum Gasteiger partial charge on any atom is -0.491 e. The van der Waals surface area contributed by atoms with Crippen LogP contribution in [0.25, 0.3) is 0 Å². The van der Waals surface area contributed by atoms with E-state index in [1.807, 2.05) is 84.9 Å². The largest absolute Gasteiger partial charge is 0.491 e. The zero-order valence-corrected chi connectivity index (χ0v) is 24.2. The first-order chi connectivity index (χ1) is 21.6. The summed E-state index contributed by atoms with van der Waals surface area (Å²) in [5.41, 5.74) is 5.77. The van der Waals surface area contributed by atoms with Gasteiger partial charge in [-0.1, -0.05) is 36.4 Å². The highest BCUT2D eigenvalue weighted by Crippen LogP contribution is 2.39. The van der Waals surface area contributed by atoms with E-state index in [0.717, 1.165) is 34.1 Å². The molecular weight excluding hydrogens is 556 g/mol. The summed E-state index contributed by atoms with van der Waals surface area (Å²) in [4.78, 5) is 4.30. The molecule has 0 heterocycles. The van der Waals surface area contributed by atoms with Gasteiger partial charge < -0.3 is 39.7 Å². The van der Waals surface area contributed by atoms with Gasteiger partial charge in [-0.3, -0.25) is 0 Å². The second-order valence-electron chi connectivity index (χ2n) is 10.1. The predicted molar refractivity (Wildman–Crippen MR) is 173 cm³/mol. The minimum atomic E-state index is -0.949. The van der Waals surface area contributed by atoms with Crippen molar-refractivity contribution in [3.8, 4) is 11.5 Å². The number of hydrogen-bond donors (Lipinski definition) is 4. The molecule has 226 valence electrons. The average Bonchev–Trinajstić information content (AvgIpc) is 3.09. The van der Waals surface area contributed by atoms with Crippen LogP contribution in [-0.4, -0.2) is 59.1 Å². The van der Waals surface area contributed by atoms with Crippen LogP contribution < -0.4 is 19.3 Å². The highest BCUT2D eigenvalue weighted by atomic mass is 16.5. The molecule has 4 N–H and O–H groups in total. The second kappa shape index (κ2) is 15.0. The molecule has 0 bridgehead atoms. The quantitative estimate of drug-likeness (QED) is 0.123. The van der Waals surface area contributed by atoms with Gasteiger partial charge in [0.25, 0.3) is 0 Å². The van der Waals surface area contributed by atoms with Gasteiger partial charge in [-0.05, 0) is 97.1 Å². The van der Waals surface area contributed by atoms with Crippen molar-refractivity contribution < 1.29 is 29.9 Å². The van der Waals surface area contributed by atoms with Crippen molar-refractivity contribution in [3.63, 3.8) is 0 Å². The van der Waals surface area contributed by atoms with Crippen molar-refractivity contribution in [1.29, 1.82) is 0 Å². The molecule has 0 aromatic heterocycles. The molecule has 0 radical (unpaired) electrons. The maximum absolute atomic E-state index is 9.65. The highest BCUT2D eigenvalue weighted by Gasteiger charge is 2.16. The SMILES string of the molecule is OCC(O)COc1ccc(N(c2ccc(OCC(O)CO)cc2)c2ccc(N(c3ccccc3)c3ccccc3)cc2)cc1. The number of ether oxygens (including phenoxy) is 2. The Morgan fingerprint density at radius 1 is 0.409 bits per heavy atom. The first-order valence-electron chi connectivity index (χ1n) is 14.4. The van der Waals surface area contributed by atoms with Crippen molar-refractivity contribution in [2.75, 3.05) is 36.2 Å². The molecule has 5 aromatic rings. The lowest BCUT2D eigenvalue weighted by Crippen LogP contribution is -2.21. The summed E-state index contributed by atoms with van der Waals surface area (Å²) >= 11 is 0. The van der Waals surface area contributed by atoms with Gasteiger partial charge in [0.05, 0.1) is 13.2 Å². The van der Waals surface area contributed by atoms with Crippen LogP contribution in [0.1, 0.15) is 0 Å². The van der Waals surface area contributed by atoms with Gasteiger partial charge >= 0.3 is 0 Å². The van der Waals surface area contributed by atoms with Gasteiger partial charge in [0.2, 0.25) is 0 Å². The van der Waals surface area contributed by atoms with E-state index < -0.39 is 12.2 Å². The first kappa shape index (κ1) is 30.6. The topological polar surface area (TPSA) is 106 Å².